The van der Waals surface area contributed by atoms with Crippen molar-refractivity contribution >= 4 is 28.8 Å². The summed E-state index contributed by atoms with van der Waals surface area (Å²) >= 11 is 0. The summed E-state index contributed by atoms with van der Waals surface area (Å²) < 4.78 is 6.86. The smallest absolute Gasteiger partial charge is 0.237 e. The molecule has 0 aliphatic carbocycles. The number of aliphatic hydroxyl groups excluding tert-OH is 1. The summed E-state index contributed by atoms with van der Waals surface area (Å²) in [4.78, 5) is 21.4. The van der Waals surface area contributed by atoms with Gasteiger partial charge in [0.05, 0.1) is 18.9 Å². The van der Waals surface area contributed by atoms with Gasteiger partial charge >= 0.3 is 0 Å². The number of rotatable bonds is 9. The second kappa shape index (κ2) is 8.66. The molecule has 3 heterocycles. The molecule has 9 nitrogen and oxygen atoms in total. The predicted octanol–water partition coefficient (Wildman–Crippen LogP) is 2.51. The quantitative estimate of drug-likeness (QED) is 0.482. The number of anilines is 3. The molecule has 0 aromatic carbocycles. The van der Waals surface area contributed by atoms with Crippen LogP contribution in [0.1, 0.15) is 30.1 Å². The van der Waals surface area contributed by atoms with Gasteiger partial charge in [-0.1, -0.05) is 6.92 Å². The van der Waals surface area contributed by atoms with Crippen LogP contribution in [0.3, 0.4) is 0 Å². The van der Waals surface area contributed by atoms with Crippen LogP contribution in [-0.2, 0) is 0 Å². The maximum Gasteiger partial charge on any atom is 0.237 e. The van der Waals surface area contributed by atoms with Gasteiger partial charge in [0.25, 0.3) is 0 Å². The van der Waals surface area contributed by atoms with Gasteiger partial charge in [0.1, 0.15) is 17.3 Å². The van der Waals surface area contributed by atoms with Crippen LogP contribution in [0, 0.1) is 5.92 Å². The number of fused-ring (bicyclic) bond motifs is 1. The number of carbonyl (C=O) groups is 1. The van der Waals surface area contributed by atoms with Crippen LogP contribution < -0.4 is 15.4 Å². The Morgan fingerprint density at radius 2 is 2.25 bits per heavy atom. The molecular formula is C19H24N6O3. The zero-order chi connectivity index (χ0) is 20.1. The number of aromatic nitrogens is 4. The summed E-state index contributed by atoms with van der Waals surface area (Å²) in [7, 11) is 3.32. The van der Waals surface area contributed by atoms with E-state index in [1.807, 2.05) is 13.0 Å². The lowest BCUT2D eigenvalue weighted by molar-refractivity contribution is 0.0970. The minimum Gasteiger partial charge on any atom is -0.480 e. The highest BCUT2D eigenvalue weighted by molar-refractivity contribution is 6.01. The summed E-state index contributed by atoms with van der Waals surface area (Å²) in [6.07, 6.45) is 4.11. The highest BCUT2D eigenvalue weighted by atomic mass is 16.5. The van der Waals surface area contributed by atoms with E-state index in [-0.39, 0.29) is 18.3 Å². The van der Waals surface area contributed by atoms with Crippen LogP contribution in [0.25, 0.3) is 5.65 Å². The number of pyridine rings is 1. The van der Waals surface area contributed by atoms with E-state index in [2.05, 4.69) is 25.7 Å². The van der Waals surface area contributed by atoms with Gasteiger partial charge in [-0.25, -0.2) is 9.97 Å². The van der Waals surface area contributed by atoms with Gasteiger partial charge in [0, 0.05) is 32.3 Å². The lowest BCUT2D eigenvalue weighted by atomic mass is 10.0. The predicted molar refractivity (Wildman–Crippen MR) is 106 cm³/mol. The van der Waals surface area contributed by atoms with E-state index in [0.29, 0.717) is 47.3 Å². The fraction of sp³-hybridized carbons (Fsp3) is 0.368. The molecule has 0 bridgehead atoms. The van der Waals surface area contributed by atoms with Crippen molar-refractivity contribution in [2.45, 2.75) is 19.8 Å². The Hall–Kier alpha value is -3.20. The second-order valence-corrected chi connectivity index (χ2v) is 6.51. The van der Waals surface area contributed by atoms with Crippen LogP contribution >= 0.6 is 0 Å². The average molecular weight is 384 g/mol. The zero-order valence-electron chi connectivity index (χ0n) is 16.1. The van der Waals surface area contributed by atoms with Crippen molar-refractivity contribution in [2.24, 2.45) is 5.92 Å². The van der Waals surface area contributed by atoms with E-state index >= 15 is 0 Å². The number of nitrogens with zero attached hydrogens (tertiary/aromatic N) is 4. The SMILES string of the molecule is CNc1cc(Nc2cccnc2OC)nc2c(C(=O)CCC(C)CO)cnn12. The molecule has 1 atom stereocenters. The summed E-state index contributed by atoms with van der Waals surface area (Å²) in [5, 5.41) is 19.7. The molecule has 0 amide bonds. The van der Waals surface area contributed by atoms with Crippen LogP contribution in [-0.4, -0.2) is 51.2 Å². The van der Waals surface area contributed by atoms with Crippen LogP contribution in [0.5, 0.6) is 5.88 Å². The maximum atomic E-state index is 12.7. The lowest BCUT2D eigenvalue weighted by Gasteiger charge is -2.12. The monoisotopic (exact) mass is 384 g/mol. The molecule has 1 unspecified atom stereocenters. The third-order valence-corrected chi connectivity index (χ3v) is 4.43. The number of carbonyl (C=O) groups excluding carboxylic acids is 1. The number of hydrogen-bond donors (Lipinski definition) is 3. The fourth-order valence-corrected chi connectivity index (χ4v) is 2.79. The number of methoxy groups -OCH3 is 1. The Labute approximate surface area is 162 Å². The summed E-state index contributed by atoms with van der Waals surface area (Å²) in [5.74, 6) is 1.67. The van der Waals surface area contributed by atoms with Crippen molar-refractivity contribution in [2.75, 3.05) is 31.4 Å². The molecule has 0 aliphatic heterocycles. The van der Waals surface area contributed by atoms with Crippen LogP contribution in [0.4, 0.5) is 17.3 Å². The first-order valence-corrected chi connectivity index (χ1v) is 9.04. The second-order valence-electron chi connectivity index (χ2n) is 6.51. The van der Waals surface area contributed by atoms with E-state index < -0.39 is 0 Å². The first kappa shape index (κ1) is 19.6. The van der Waals surface area contributed by atoms with Crippen molar-refractivity contribution < 1.29 is 14.6 Å². The van der Waals surface area contributed by atoms with E-state index in [1.54, 1.807) is 37.0 Å². The van der Waals surface area contributed by atoms with Crippen molar-refractivity contribution in [3.8, 4) is 5.88 Å². The molecule has 148 valence electrons. The standard InChI is InChI=1S/C19H24N6O3/c1-12(11-26)6-7-15(27)13-10-22-25-17(20-2)9-16(24-18(13)25)23-14-5-4-8-21-19(14)28-3/h4-5,8-10,12,20,26H,6-7,11H2,1-3H3,(H,23,24). The molecule has 0 saturated carbocycles. The summed E-state index contributed by atoms with van der Waals surface area (Å²) in [6.45, 7) is 1.97. The van der Waals surface area contributed by atoms with Gasteiger partial charge in [-0.2, -0.15) is 9.61 Å². The normalized spacial score (nSPS) is 12.0. The topological polar surface area (TPSA) is 114 Å². The summed E-state index contributed by atoms with van der Waals surface area (Å²) in [5.41, 5.74) is 1.57. The molecule has 9 heteroatoms. The molecule has 0 saturated heterocycles. The Kier molecular flexibility index (Phi) is 6.05. The number of hydrogen-bond acceptors (Lipinski definition) is 8. The number of aliphatic hydroxyl groups is 1. The Bertz CT molecular complexity index is 971. The van der Waals surface area contributed by atoms with Gasteiger partial charge in [0.15, 0.2) is 11.4 Å². The Morgan fingerprint density at radius 3 is 2.96 bits per heavy atom. The van der Waals surface area contributed by atoms with Crippen LogP contribution in [0.2, 0.25) is 0 Å². The van der Waals surface area contributed by atoms with E-state index in [1.165, 1.54) is 6.20 Å². The average Bonchev–Trinajstić information content (AvgIpc) is 3.15. The molecule has 0 spiro atoms. The van der Waals surface area contributed by atoms with Crippen molar-refractivity contribution in [3.05, 3.63) is 36.2 Å². The number of ether oxygens (including phenoxy) is 1. The minimum atomic E-state index is -0.0547. The van der Waals surface area contributed by atoms with E-state index in [0.717, 1.165) is 0 Å². The third-order valence-electron chi connectivity index (χ3n) is 4.43. The highest BCUT2D eigenvalue weighted by Gasteiger charge is 2.18. The van der Waals surface area contributed by atoms with Crippen LogP contribution in [0.15, 0.2) is 30.6 Å². The van der Waals surface area contributed by atoms with Crippen molar-refractivity contribution in [1.82, 2.24) is 19.6 Å². The van der Waals surface area contributed by atoms with E-state index in [4.69, 9.17) is 9.84 Å². The minimum absolute atomic E-state index is 0.0547. The Balaban J connectivity index is 1.96. The lowest BCUT2D eigenvalue weighted by Crippen LogP contribution is -2.08. The number of ketones is 1. The zero-order valence-corrected chi connectivity index (χ0v) is 16.1. The first-order chi connectivity index (χ1) is 13.6. The largest absolute Gasteiger partial charge is 0.480 e. The molecule has 3 N–H and O–H groups in total. The Morgan fingerprint density at radius 1 is 1.43 bits per heavy atom. The highest BCUT2D eigenvalue weighted by Crippen LogP contribution is 2.26. The maximum absolute atomic E-state index is 12.7. The van der Waals surface area contributed by atoms with Gasteiger partial charge in [-0.15, -0.1) is 0 Å². The molecule has 28 heavy (non-hydrogen) atoms. The third kappa shape index (κ3) is 4.04. The number of Topliss-reactive ketones (excluding diaryl/α,β-unsaturated/α-hetero) is 1. The molecule has 0 radical (unpaired) electrons. The van der Waals surface area contributed by atoms with Gasteiger partial charge in [-0.3, -0.25) is 4.79 Å². The molecule has 0 aliphatic rings. The number of nitrogens with one attached hydrogen (secondary N) is 2. The van der Waals surface area contributed by atoms with Crippen molar-refractivity contribution in [1.29, 1.82) is 0 Å². The molecule has 3 aromatic heterocycles. The summed E-state index contributed by atoms with van der Waals surface area (Å²) in [6, 6.07) is 5.41. The fourth-order valence-electron chi connectivity index (χ4n) is 2.79. The van der Waals surface area contributed by atoms with Gasteiger partial charge in [-0.05, 0) is 24.5 Å². The molecule has 3 aromatic rings. The first-order valence-electron chi connectivity index (χ1n) is 9.04. The van der Waals surface area contributed by atoms with Crippen molar-refractivity contribution in [3.63, 3.8) is 0 Å². The molecule has 3 rings (SSSR count). The van der Waals surface area contributed by atoms with E-state index in [9.17, 15) is 4.79 Å². The van der Waals surface area contributed by atoms with Gasteiger partial charge in [0.2, 0.25) is 5.88 Å². The molecule has 0 fully saturated rings. The van der Waals surface area contributed by atoms with Gasteiger partial charge < -0.3 is 20.5 Å². The molecular weight excluding hydrogens is 360 g/mol.